The van der Waals surface area contributed by atoms with Crippen LogP contribution in [0.25, 0.3) is 0 Å². The zero-order valence-electron chi connectivity index (χ0n) is 14.7. The Kier molecular flexibility index (Phi) is 3.54. The van der Waals surface area contributed by atoms with Gasteiger partial charge in [-0.2, -0.15) is 0 Å². The van der Waals surface area contributed by atoms with Crippen LogP contribution in [0.15, 0.2) is 11.6 Å². The predicted molar refractivity (Wildman–Crippen MR) is 89.7 cm³/mol. The topological polar surface area (TPSA) is 60.7 Å². The Bertz CT molecular complexity index is 529. The van der Waals surface area contributed by atoms with Crippen LogP contribution < -0.4 is 0 Å². The molecule has 0 aromatic rings. The van der Waals surface area contributed by atoms with E-state index in [1.165, 1.54) is 18.4 Å². The Morgan fingerprint density at radius 1 is 1.04 bits per heavy atom. The zero-order valence-corrected chi connectivity index (χ0v) is 14.7. The lowest BCUT2D eigenvalue weighted by Crippen LogP contribution is -2.55. The van der Waals surface area contributed by atoms with Crippen molar-refractivity contribution >= 4 is 0 Å². The Labute approximate surface area is 139 Å². The van der Waals surface area contributed by atoms with Crippen molar-refractivity contribution in [1.82, 2.24) is 0 Å². The largest absolute Gasteiger partial charge is 0.390 e. The highest BCUT2D eigenvalue weighted by atomic mass is 16.3. The van der Waals surface area contributed by atoms with Crippen LogP contribution in [0.4, 0.5) is 0 Å². The van der Waals surface area contributed by atoms with Crippen molar-refractivity contribution in [3.05, 3.63) is 11.6 Å². The SMILES string of the molecule is C[C@H]1CC[C@@]2(C)C(=C[C@@H](O)C3C2CC[C@@]2(C)C3C[C@@H](O)[C@@H]2O)C1. The molecule has 4 aliphatic carbocycles. The second kappa shape index (κ2) is 5.06. The summed E-state index contributed by atoms with van der Waals surface area (Å²) in [7, 11) is 0. The van der Waals surface area contributed by atoms with Gasteiger partial charge >= 0.3 is 0 Å². The molecule has 0 bridgehead atoms. The molecule has 3 saturated carbocycles. The first kappa shape index (κ1) is 16.1. The average Bonchev–Trinajstić information content (AvgIpc) is 2.73. The first-order valence-electron chi connectivity index (χ1n) is 9.53. The molecule has 0 radical (unpaired) electrons. The molecule has 0 heterocycles. The van der Waals surface area contributed by atoms with E-state index < -0.39 is 18.3 Å². The summed E-state index contributed by atoms with van der Waals surface area (Å²) in [6.45, 7) is 6.87. The number of hydrogen-bond donors (Lipinski definition) is 3. The zero-order chi connectivity index (χ0) is 16.6. The second-order valence-electron chi connectivity index (χ2n) is 9.53. The van der Waals surface area contributed by atoms with Gasteiger partial charge in [-0.1, -0.05) is 32.4 Å². The van der Waals surface area contributed by atoms with Gasteiger partial charge in [-0.15, -0.1) is 0 Å². The van der Waals surface area contributed by atoms with Gasteiger partial charge < -0.3 is 15.3 Å². The van der Waals surface area contributed by atoms with Crippen LogP contribution in [-0.4, -0.2) is 33.6 Å². The quantitative estimate of drug-likeness (QED) is 0.602. The molecular weight excluding hydrogens is 288 g/mol. The van der Waals surface area contributed by atoms with E-state index in [9.17, 15) is 15.3 Å². The van der Waals surface area contributed by atoms with Gasteiger partial charge in [0.15, 0.2) is 0 Å². The van der Waals surface area contributed by atoms with E-state index in [2.05, 4.69) is 26.8 Å². The van der Waals surface area contributed by atoms with E-state index in [1.807, 2.05) is 0 Å². The van der Waals surface area contributed by atoms with E-state index in [0.29, 0.717) is 12.3 Å². The Morgan fingerprint density at radius 3 is 2.52 bits per heavy atom. The number of rotatable bonds is 0. The van der Waals surface area contributed by atoms with E-state index in [4.69, 9.17) is 0 Å². The van der Waals surface area contributed by atoms with Gasteiger partial charge in [-0.25, -0.2) is 0 Å². The molecule has 0 amide bonds. The maximum Gasteiger partial charge on any atom is 0.0855 e. The van der Waals surface area contributed by atoms with Crippen molar-refractivity contribution in [2.24, 2.45) is 34.5 Å². The fraction of sp³-hybridized carbons (Fsp3) is 0.900. The van der Waals surface area contributed by atoms with Gasteiger partial charge in [0, 0.05) is 0 Å². The van der Waals surface area contributed by atoms with Crippen LogP contribution in [0.1, 0.15) is 59.3 Å². The molecule has 4 rings (SSSR count). The third-order valence-corrected chi connectivity index (χ3v) is 8.35. The minimum atomic E-state index is -0.634. The molecule has 3 N–H and O–H groups in total. The van der Waals surface area contributed by atoms with Crippen molar-refractivity contribution in [1.29, 1.82) is 0 Å². The minimum absolute atomic E-state index is 0.197. The third kappa shape index (κ3) is 2.06. The molecule has 0 saturated heterocycles. The molecule has 3 fully saturated rings. The fourth-order valence-electron chi connectivity index (χ4n) is 6.82. The Balaban J connectivity index is 1.73. The molecule has 130 valence electrons. The number of allylic oxidation sites excluding steroid dienone is 1. The number of hydrogen-bond acceptors (Lipinski definition) is 3. The predicted octanol–water partition coefficient (Wildman–Crippen LogP) is 2.89. The summed E-state index contributed by atoms with van der Waals surface area (Å²) in [6, 6.07) is 0. The first-order chi connectivity index (χ1) is 10.8. The maximum atomic E-state index is 10.9. The monoisotopic (exact) mass is 320 g/mol. The minimum Gasteiger partial charge on any atom is -0.390 e. The summed E-state index contributed by atoms with van der Waals surface area (Å²) < 4.78 is 0. The first-order valence-corrected chi connectivity index (χ1v) is 9.53. The summed E-state index contributed by atoms with van der Waals surface area (Å²) >= 11 is 0. The van der Waals surface area contributed by atoms with Gasteiger partial charge in [-0.05, 0) is 73.0 Å². The lowest BCUT2D eigenvalue weighted by molar-refractivity contribution is -0.108. The van der Waals surface area contributed by atoms with Crippen molar-refractivity contribution in [3.63, 3.8) is 0 Å². The van der Waals surface area contributed by atoms with E-state index in [0.717, 1.165) is 25.2 Å². The molecule has 0 spiro atoms. The van der Waals surface area contributed by atoms with Crippen molar-refractivity contribution in [2.75, 3.05) is 0 Å². The summed E-state index contributed by atoms with van der Waals surface area (Å²) in [5, 5.41) is 31.7. The molecule has 4 aliphatic rings. The lowest BCUT2D eigenvalue weighted by atomic mass is 9.47. The van der Waals surface area contributed by atoms with Gasteiger partial charge in [0.2, 0.25) is 0 Å². The van der Waals surface area contributed by atoms with Gasteiger partial charge in [0.1, 0.15) is 0 Å². The molecular formula is C20H32O3. The fourth-order valence-corrected chi connectivity index (χ4v) is 6.82. The third-order valence-electron chi connectivity index (χ3n) is 8.35. The van der Waals surface area contributed by atoms with Gasteiger partial charge in [0.05, 0.1) is 18.3 Å². The standard InChI is InChI=1S/C20H32O3/c1-11-4-6-19(2)12(8-11)9-15(21)17-13(19)5-7-20(3)14(17)10-16(22)18(20)23/h9,11,13-18,21-23H,4-8,10H2,1-3H3/t11-,13?,14?,15+,16+,17?,18-,19-,20-/m0/s1. The summed E-state index contributed by atoms with van der Waals surface area (Å²) in [5.41, 5.74) is 1.47. The Hall–Kier alpha value is -0.380. The summed E-state index contributed by atoms with van der Waals surface area (Å²) in [6.07, 6.45) is 6.81. The molecule has 3 nitrogen and oxygen atoms in total. The molecule has 0 aromatic carbocycles. The maximum absolute atomic E-state index is 10.9. The van der Waals surface area contributed by atoms with Crippen LogP contribution in [0, 0.1) is 34.5 Å². The highest BCUT2D eigenvalue weighted by Crippen LogP contribution is 2.65. The van der Waals surface area contributed by atoms with E-state index >= 15 is 0 Å². The number of fused-ring (bicyclic) bond motifs is 5. The highest BCUT2D eigenvalue weighted by Gasteiger charge is 2.62. The van der Waals surface area contributed by atoms with Crippen molar-refractivity contribution < 1.29 is 15.3 Å². The number of aliphatic hydroxyl groups excluding tert-OH is 3. The number of aliphatic hydroxyl groups is 3. The molecule has 9 atom stereocenters. The average molecular weight is 320 g/mol. The van der Waals surface area contributed by atoms with Gasteiger partial charge in [0.25, 0.3) is 0 Å². The van der Waals surface area contributed by atoms with Crippen LogP contribution >= 0.6 is 0 Å². The highest BCUT2D eigenvalue weighted by molar-refractivity contribution is 5.27. The molecule has 3 unspecified atom stereocenters. The smallest absolute Gasteiger partial charge is 0.0855 e. The van der Waals surface area contributed by atoms with Crippen molar-refractivity contribution in [2.45, 2.75) is 77.6 Å². The van der Waals surface area contributed by atoms with E-state index in [-0.39, 0.29) is 22.7 Å². The van der Waals surface area contributed by atoms with Crippen LogP contribution in [0.3, 0.4) is 0 Å². The molecule has 0 aliphatic heterocycles. The molecule has 3 heteroatoms. The Morgan fingerprint density at radius 2 is 1.78 bits per heavy atom. The molecule has 0 aromatic heterocycles. The van der Waals surface area contributed by atoms with Crippen LogP contribution in [0.2, 0.25) is 0 Å². The van der Waals surface area contributed by atoms with E-state index in [1.54, 1.807) is 0 Å². The van der Waals surface area contributed by atoms with Gasteiger partial charge in [-0.3, -0.25) is 0 Å². The van der Waals surface area contributed by atoms with Crippen LogP contribution in [0.5, 0.6) is 0 Å². The summed E-state index contributed by atoms with van der Waals surface area (Å²) in [4.78, 5) is 0. The van der Waals surface area contributed by atoms with Crippen LogP contribution in [-0.2, 0) is 0 Å². The second-order valence-corrected chi connectivity index (χ2v) is 9.53. The molecule has 23 heavy (non-hydrogen) atoms. The summed E-state index contributed by atoms with van der Waals surface area (Å²) in [5.74, 6) is 1.65. The lowest BCUT2D eigenvalue weighted by Gasteiger charge is -2.58. The normalized spacial score (nSPS) is 58.9. The van der Waals surface area contributed by atoms with Crippen molar-refractivity contribution in [3.8, 4) is 0 Å².